The highest BCUT2D eigenvalue weighted by Crippen LogP contribution is 2.37. The zero-order chi connectivity index (χ0) is 13.1. The lowest BCUT2D eigenvalue weighted by atomic mass is 9.85. The van der Waals surface area contributed by atoms with Crippen molar-refractivity contribution in [3.8, 4) is 6.07 Å². The summed E-state index contributed by atoms with van der Waals surface area (Å²) in [6.45, 7) is 0. The second kappa shape index (κ2) is 6.27. The van der Waals surface area contributed by atoms with Crippen molar-refractivity contribution in [2.45, 2.75) is 31.7 Å². The average Bonchev–Trinajstić information content (AvgIpc) is 2.34. The van der Waals surface area contributed by atoms with Gasteiger partial charge in [-0.2, -0.15) is 5.26 Å². The van der Waals surface area contributed by atoms with Crippen LogP contribution in [0, 0.1) is 17.2 Å². The van der Waals surface area contributed by atoms with Gasteiger partial charge in [0.2, 0.25) is 0 Å². The Bertz CT molecular complexity index is 461. The molecule has 5 heteroatoms. The molecule has 18 heavy (non-hydrogen) atoms. The van der Waals surface area contributed by atoms with E-state index in [0.29, 0.717) is 5.02 Å². The maximum Gasteiger partial charge on any atom is 0.0677 e. The lowest BCUT2D eigenvalue weighted by Crippen LogP contribution is -2.31. The van der Waals surface area contributed by atoms with E-state index in [1.165, 1.54) is 6.42 Å². The fraction of sp³-hybridized carbons (Fsp3) is 0.462. The number of anilines is 1. The van der Waals surface area contributed by atoms with E-state index < -0.39 is 0 Å². The molecule has 2 rings (SSSR count). The minimum absolute atomic E-state index is 0.0910. The van der Waals surface area contributed by atoms with Crippen molar-refractivity contribution >= 4 is 49.1 Å². The summed E-state index contributed by atoms with van der Waals surface area (Å²) in [6.07, 6.45) is 4.36. The zero-order valence-corrected chi connectivity index (χ0v) is 13.6. The van der Waals surface area contributed by atoms with Gasteiger partial charge in [0.15, 0.2) is 0 Å². The van der Waals surface area contributed by atoms with Gasteiger partial charge in [-0.15, -0.1) is 0 Å². The van der Waals surface area contributed by atoms with Crippen LogP contribution in [0.3, 0.4) is 0 Å². The molecular weight excluding hydrogens is 379 g/mol. The van der Waals surface area contributed by atoms with E-state index in [1.54, 1.807) is 0 Å². The molecule has 1 aliphatic carbocycles. The van der Waals surface area contributed by atoms with Crippen LogP contribution in [0.2, 0.25) is 5.02 Å². The number of nitrogens with zero attached hydrogens (tertiary/aromatic N) is 1. The second-order valence-corrected chi connectivity index (χ2v) is 6.66. The molecule has 1 saturated carbocycles. The summed E-state index contributed by atoms with van der Waals surface area (Å²) < 4.78 is 1.84. The molecule has 0 spiro atoms. The highest BCUT2D eigenvalue weighted by Gasteiger charge is 2.25. The van der Waals surface area contributed by atoms with Crippen LogP contribution in [0.4, 0.5) is 5.69 Å². The molecule has 1 aromatic carbocycles. The minimum atomic E-state index is 0.0910. The van der Waals surface area contributed by atoms with Crippen molar-refractivity contribution in [2.75, 3.05) is 5.32 Å². The zero-order valence-electron chi connectivity index (χ0n) is 9.72. The van der Waals surface area contributed by atoms with Crippen molar-refractivity contribution in [1.29, 1.82) is 5.26 Å². The van der Waals surface area contributed by atoms with Crippen LogP contribution in [0.15, 0.2) is 21.1 Å². The van der Waals surface area contributed by atoms with E-state index in [1.807, 2.05) is 12.1 Å². The third-order valence-corrected chi connectivity index (χ3v) is 4.74. The van der Waals surface area contributed by atoms with Crippen LogP contribution >= 0.6 is 43.5 Å². The predicted molar refractivity (Wildman–Crippen MR) is 81.8 cm³/mol. The van der Waals surface area contributed by atoms with Gasteiger partial charge in [0, 0.05) is 20.0 Å². The van der Waals surface area contributed by atoms with Crippen LogP contribution in [-0.4, -0.2) is 6.04 Å². The second-order valence-electron chi connectivity index (χ2n) is 4.52. The molecule has 0 saturated heterocycles. The number of halogens is 3. The SMILES string of the molecule is N#CC1CCCCC1Nc1c(Br)cc(Cl)cc1Br. The molecule has 2 atom stereocenters. The van der Waals surface area contributed by atoms with E-state index in [-0.39, 0.29) is 12.0 Å². The van der Waals surface area contributed by atoms with Gasteiger partial charge in [-0.3, -0.25) is 0 Å². The molecule has 1 aromatic rings. The normalized spacial score (nSPS) is 23.4. The molecule has 1 aliphatic rings. The first-order valence-corrected chi connectivity index (χ1v) is 7.89. The fourth-order valence-corrected chi connectivity index (χ4v) is 4.22. The Morgan fingerprint density at radius 3 is 2.44 bits per heavy atom. The summed E-state index contributed by atoms with van der Waals surface area (Å²) >= 11 is 13.0. The van der Waals surface area contributed by atoms with Crippen molar-refractivity contribution in [3.63, 3.8) is 0 Å². The number of benzene rings is 1. The van der Waals surface area contributed by atoms with E-state index >= 15 is 0 Å². The van der Waals surface area contributed by atoms with Crippen LogP contribution in [0.5, 0.6) is 0 Å². The lowest BCUT2D eigenvalue weighted by Gasteiger charge is -2.29. The number of hydrogen-bond acceptors (Lipinski definition) is 2. The number of rotatable bonds is 2. The van der Waals surface area contributed by atoms with Crippen LogP contribution in [-0.2, 0) is 0 Å². The van der Waals surface area contributed by atoms with E-state index in [4.69, 9.17) is 11.6 Å². The predicted octanol–water partition coefficient (Wildman–Crippen LogP) is 5.36. The van der Waals surface area contributed by atoms with Gasteiger partial charge < -0.3 is 5.32 Å². The lowest BCUT2D eigenvalue weighted by molar-refractivity contribution is 0.388. The molecule has 0 amide bonds. The van der Waals surface area contributed by atoms with Gasteiger partial charge in [-0.1, -0.05) is 24.4 Å². The van der Waals surface area contributed by atoms with Gasteiger partial charge >= 0.3 is 0 Å². The van der Waals surface area contributed by atoms with Crippen molar-refractivity contribution in [1.82, 2.24) is 0 Å². The Morgan fingerprint density at radius 2 is 1.83 bits per heavy atom. The van der Waals surface area contributed by atoms with Crippen LogP contribution in [0.1, 0.15) is 25.7 Å². The van der Waals surface area contributed by atoms with Gasteiger partial charge in [0.1, 0.15) is 0 Å². The Hall–Kier alpha value is -0.240. The summed E-state index contributed by atoms with van der Waals surface area (Å²) in [5.74, 6) is 0.0910. The van der Waals surface area contributed by atoms with Gasteiger partial charge in [0.25, 0.3) is 0 Å². The Kier molecular flexibility index (Phi) is 4.94. The van der Waals surface area contributed by atoms with Crippen molar-refractivity contribution in [3.05, 3.63) is 26.1 Å². The Balaban J connectivity index is 2.21. The first-order valence-electron chi connectivity index (χ1n) is 5.92. The first kappa shape index (κ1) is 14.2. The smallest absolute Gasteiger partial charge is 0.0677 e. The molecule has 0 radical (unpaired) electrons. The van der Waals surface area contributed by atoms with Crippen LogP contribution in [0.25, 0.3) is 0 Å². The number of nitriles is 1. The third-order valence-electron chi connectivity index (χ3n) is 3.27. The molecule has 2 nitrogen and oxygen atoms in total. The maximum absolute atomic E-state index is 9.19. The molecule has 1 N–H and O–H groups in total. The number of nitrogens with one attached hydrogen (secondary N) is 1. The van der Waals surface area contributed by atoms with Crippen LogP contribution < -0.4 is 5.32 Å². The average molecular weight is 393 g/mol. The van der Waals surface area contributed by atoms with E-state index in [9.17, 15) is 5.26 Å². The van der Waals surface area contributed by atoms with Gasteiger partial charge in [0.05, 0.1) is 17.7 Å². The first-order chi connectivity index (χ1) is 8.61. The monoisotopic (exact) mass is 390 g/mol. The standard InChI is InChI=1S/C13H13Br2ClN2/c14-10-5-9(16)6-11(15)13(10)18-12-4-2-1-3-8(12)7-17/h5-6,8,12,18H,1-4H2. The minimum Gasteiger partial charge on any atom is -0.379 e. The third kappa shape index (κ3) is 3.20. The molecule has 0 bridgehead atoms. The summed E-state index contributed by atoms with van der Waals surface area (Å²) in [4.78, 5) is 0. The molecule has 0 aliphatic heterocycles. The summed E-state index contributed by atoms with van der Waals surface area (Å²) in [7, 11) is 0. The number of hydrogen-bond donors (Lipinski definition) is 1. The maximum atomic E-state index is 9.19. The summed E-state index contributed by atoms with van der Waals surface area (Å²) in [5, 5.41) is 13.3. The molecule has 0 aromatic heterocycles. The topological polar surface area (TPSA) is 35.8 Å². The van der Waals surface area contributed by atoms with E-state index in [2.05, 4.69) is 43.2 Å². The van der Waals surface area contributed by atoms with Crippen molar-refractivity contribution < 1.29 is 0 Å². The van der Waals surface area contributed by atoms with E-state index in [0.717, 1.165) is 33.9 Å². The summed E-state index contributed by atoms with van der Waals surface area (Å²) in [5.41, 5.74) is 0.978. The molecule has 2 unspecified atom stereocenters. The molecule has 96 valence electrons. The fourth-order valence-electron chi connectivity index (χ4n) is 2.32. The highest BCUT2D eigenvalue weighted by molar-refractivity contribution is 9.11. The van der Waals surface area contributed by atoms with Gasteiger partial charge in [-0.05, 0) is 56.8 Å². The van der Waals surface area contributed by atoms with Crippen molar-refractivity contribution in [2.24, 2.45) is 5.92 Å². The van der Waals surface area contributed by atoms with Gasteiger partial charge in [-0.25, -0.2) is 0 Å². The molecule has 0 heterocycles. The quantitative estimate of drug-likeness (QED) is 0.735. The summed E-state index contributed by atoms with van der Waals surface area (Å²) in [6, 6.07) is 6.35. The highest BCUT2D eigenvalue weighted by atomic mass is 79.9. The Labute approximate surface area is 129 Å². The Morgan fingerprint density at radius 1 is 1.22 bits per heavy atom. The molecular formula is C13H13Br2ClN2. The largest absolute Gasteiger partial charge is 0.379 e. The molecule has 1 fully saturated rings.